The van der Waals surface area contributed by atoms with Gasteiger partial charge in [0.15, 0.2) is 5.96 Å². The lowest BCUT2D eigenvalue weighted by Crippen LogP contribution is -2.21. The van der Waals surface area contributed by atoms with Crippen LogP contribution in [0.5, 0.6) is 0 Å². The zero-order valence-corrected chi connectivity index (χ0v) is 17.5. The first kappa shape index (κ1) is 20.7. The Hall–Kier alpha value is -2.07. The Balaban J connectivity index is 1.38. The minimum absolute atomic E-state index is 0.0176. The molecule has 152 valence electrons. The maximum atomic E-state index is 12.3. The summed E-state index contributed by atoms with van der Waals surface area (Å²) in [6, 6.07) is 0. The van der Waals surface area contributed by atoms with Gasteiger partial charge in [-0.3, -0.25) is 9.78 Å². The average Bonchev–Trinajstić information content (AvgIpc) is 3.11. The number of aliphatic imine (C=N–C) groups is 1. The van der Waals surface area contributed by atoms with Crippen molar-refractivity contribution in [2.24, 2.45) is 22.4 Å². The lowest BCUT2D eigenvalue weighted by Gasteiger charge is -2.20. The summed E-state index contributed by atoms with van der Waals surface area (Å²) in [4.78, 5) is 27.8. The number of aromatic amines is 1. The molecule has 0 spiro atoms. The molecule has 3 rings (SSSR count). The van der Waals surface area contributed by atoms with Crippen LogP contribution in [0.3, 0.4) is 0 Å². The van der Waals surface area contributed by atoms with Crippen molar-refractivity contribution in [2.75, 3.05) is 17.6 Å². The molecule has 1 fully saturated rings. The number of hydrogen-bond acceptors (Lipinski definition) is 7. The van der Waals surface area contributed by atoms with Crippen molar-refractivity contribution in [3.05, 3.63) is 33.2 Å². The first-order valence-electron chi connectivity index (χ1n) is 9.54. The quantitative estimate of drug-likeness (QED) is 0.278. The van der Waals surface area contributed by atoms with Crippen LogP contribution < -0.4 is 22.3 Å². The summed E-state index contributed by atoms with van der Waals surface area (Å²) in [5.41, 5.74) is 12.4. The molecule has 1 saturated carbocycles. The summed E-state index contributed by atoms with van der Waals surface area (Å²) in [7, 11) is 0. The summed E-state index contributed by atoms with van der Waals surface area (Å²) >= 11 is 3.16. The van der Waals surface area contributed by atoms with Crippen LogP contribution in [0.1, 0.15) is 43.4 Å². The highest BCUT2D eigenvalue weighted by Gasteiger charge is 2.15. The second-order valence-electron chi connectivity index (χ2n) is 6.93. The van der Waals surface area contributed by atoms with Gasteiger partial charge in [-0.05, 0) is 12.3 Å². The number of aromatic nitrogens is 3. The van der Waals surface area contributed by atoms with Gasteiger partial charge in [0, 0.05) is 35.2 Å². The number of guanidine groups is 1. The number of hydrogen-bond donors (Lipinski definition) is 4. The van der Waals surface area contributed by atoms with E-state index in [0.29, 0.717) is 23.5 Å². The van der Waals surface area contributed by atoms with Crippen LogP contribution in [0.15, 0.2) is 21.4 Å². The van der Waals surface area contributed by atoms with Gasteiger partial charge in [0.05, 0.1) is 5.69 Å². The summed E-state index contributed by atoms with van der Waals surface area (Å²) in [5, 5.41) is 5.70. The van der Waals surface area contributed by atoms with E-state index in [1.165, 1.54) is 43.4 Å². The van der Waals surface area contributed by atoms with E-state index in [-0.39, 0.29) is 11.5 Å². The molecule has 6 N–H and O–H groups in total. The largest absolute Gasteiger partial charge is 0.370 e. The van der Waals surface area contributed by atoms with Gasteiger partial charge in [0.2, 0.25) is 11.1 Å². The first-order valence-corrected chi connectivity index (χ1v) is 11.6. The average molecular weight is 422 g/mol. The Morgan fingerprint density at radius 2 is 2.18 bits per heavy atom. The van der Waals surface area contributed by atoms with Gasteiger partial charge in [-0.2, -0.15) is 16.8 Å². The van der Waals surface area contributed by atoms with Crippen molar-refractivity contribution in [3.63, 3.8) is 0 Å². The number of rotatable bonds is 9. The molecule has 10 heteroatoms. The van der Waals surface area contributed by atoms with Gasteiger partial charge in [0.1, 0.15) is 0 Å². The van der Waals surface area contributed by atoms with Crippen LogP contribution in [0.2, 0.25) is 0 Å². The van der Waals surface area contributed by atoms with E-state index in [2.05, 4.69) is 25.3 Å². The lowest BCUT2D eigenvalue weighted by atomic mass is 9.85. The number of thioether (sulfide) groups is 1. The fraction of sp³-hybridized carbons (Fsp3) is 0.556. The molecule has 0 aromatic carbocycles. The topological polar surface area (TPSA) is 135 Å². The Labute approximate surface area is 172 Å². The third-order valence-corrected chi connectivity index (χ3v) is 6.44. The van der Waals surface area contributed by atoms with E-state index in [9.17, 15) is 4.79 Å². The van der Waals surface area contributed by atoms with Crippen molar-refractivity contribution >= 4 is 40.1 Å². The molecular formula is C18H27N7OS2. The molecule has 1 aliphatic rings. The van der Waals surface area contributed by atoms with Crippen LogP contribution in [-0.4, -0.2) is 33.2 Å². The Morgan fingerprint density at radius 1 is 1.36 bits per heavy atom. The molecule has 2 heterocycles. The van der Waals surface area contributed by atoms with Gasteiger partial charge >= 0.3 is 0 Å². The second kappa shape index (κ2) is 10.5. The molecule has 2 aromatic heterocycles. The predicted octanol–water partition coefficient (Wildman–Crippen LogP) is 2.60. The van der Waals surface area contributed by atoms with E-state index in [1.807, 2.05) is 5.38 Å². The smallest absolute Gasteiger partial charge is 0.255 e. The monoisotopic (exact) mass is 421 g/mol. The Bertz CT molecular complexity index is 838. The molecule has 0 unspecified atom stereocenters. The maximum Gasteiger partial charge on any atom is 0.255 e. The summed E-state index contributed by atoms with van der Waals surface area (Å²) in [6.07, 6.45) is 8.91. The molecule has 2 aromatic rings. The molecule has 0 radical (unpaired) electrons. The molecule has 0 saturated heterocycles. The fourth-order valence-electron chi connectivity index (χ4n) is 3.30. The second-order valence-corrected chi connectivity index (χ2v) is 8.87. The van der Waals surface area contributed by atoms with Crippen molar-refractivity contribution in [1.29, 1.82) is 0 Å². The van der Waals surface area contributed by atoms with Crippen LogP contribution >= 0.6 is 23.1 Å². The van der Waals surface area contributed by atoms with Crippen LogP contribution in [0, 0.1) is 5.92 Å². The molecule has 8 nitrogen and oxygen atoms in total. The number of nitrogens with two attached hydrogens (primary N) is 2. The number of H-pyrrole nitrogens is 1. The van der Waals surface area contributed by atoms with E-state index >= 15 is 0 Å². The summed E-state index contributed by atoms with van der Waals surface area (Å²) in [5.74, 6) is 2.82. The first-order chi connectivity index (χ1) is 13.6. The van der Waals surface area contributed by atoms with Gasteiger partial charge in [-0.1, -0.05) is 32.1 Å². The minimum Gasteiger partial charge on any atom is -0.370 e. The predicted molar refractivity (Wildman–Crippen MR) is 117 cm³/mol. The van der Waals surface area contributed by atoms with Crippen molar-refractivity contribution in [2.45, 2.75) is 44.3 Å². The van der Waals surface area contributed by atoms with Gasteiger partial charge in [-0.15, -0.1) is 11.3 Å². The van der Waals surface area contributed by atoms with E-state index in [4.69, 9.17) is 11.5 Å². The molecule has 1 aliphatic carbocycles. The standard InChI is InChI=1S/C18H27N7OS2/c19-16(20)25-18-23-14(11-28-18)10-27-7-6-21-17-22-9-13(15(26)24-17)8-12-4-2-1-3-5-12/h9,11-12H,1-8,10H2,(H4,19,20,23,25)(H2,21,22,24,26). The van der Waals surface area contributed by atoms with Gasteiger partial charge in [0.25, 0.3) is 5.56 Å². The van der Waals surface area contributed by atoms with Crippen molar-refractivity contribution in [1.82, 2.24) is 15.0 Å². The SMILES string of the molecule is NC(N)=Nc1nc(CSCCNc2ncc(CC3CCCCC3)c(=O)[nH]2)cs1. The van der Waals surface area contributed by atoms with E-state index < -0.39 is 0 Å². The Morgan fingerprint density at radius 3 is 2.93 bits per heavy atom. The lowest BCUT2D eigenvalue weighted by molar-refractivity contribution is 0.355. The molecule has 28 heavy (non-hydrogen) atoms. The molecule has 0 aliphatic heterocycles. The normalized spacial score (nSPS) is 14.7. The Kier molecular flexibility index (Phi) is 7.72. The zero-order valence-electron chi connectivity index (χ0n) is 15.8. The van der Waals surface area contributed by atoms with Crippen LogP contribution in [-0.2, 0) is 12.2 Å². The number of nitrogens with one attached hydrogen (secondary N) is 2. The fourth-order valence-corrected chi connectivity index (χ4v) is 4.86. The summed E-state index contributed by atoms with van der Waals surface area (Å²) < 4.78 is 0. The highest BCUT2D eigenvalue weighted by atomic mass is 32.2. The third kappa shape index (κ3) is 6.52. The molecular weight excluding hydrogens is 394 g/mol. The number of anilines is 1. The van der Waals surface area contributed by atoms with Crippen molar-refractivity contribution in [3.8, 4) is 0 Å². The zero-order chi connectivity index (χ0) is 19.8. The molecule has 0 amide bonds. The van der Waals surface area contributed by atoms with E-state index in [0.717, 1.165) is 29.2 Å². The maximum absolute atomic E-state index is 12.3. The molecule has 0 bridgehead atoms. The van der Waals surface area contributed by atoms with Gasteiger partial charge < -0.3 is 16.8 Å². The van der Waals surface area contributed by atoms with E-state index in [1.54, 1.807) is 18.0 Å². The number of nitrogens with zero attached hydrogens (tertiary/aromatic N) is 3. The van der Waals surface area contributed by atoms with Crippen molar-refractivity contribution < 1.29 is 0 Å². The third-order valence-electron chi connectivity index (χ3n) is 4.66. The highest BCUT2D eigenvalue weighted by molar-refractivity contribution is 7.98. The van der Waals surface area contributed by atoms with Crippen LogP contribution in [0.25, 0.3) is 0 Å². The van der Waals surface area contributed by atoms with Gasteiger partial charge in [-0.25, -0.2) is 9.97 Å². The highest BCUT2D eigenvalue weighted by Crippen LogP contribution is 2.26. The minimum atomic E-state index is -0.0227. The summed E-state index contributed by atoms with van der Waals surface area (Å²) in [6.45, 7) is 0.709. The molecule has 0 atom stereocenters. The number of thiazole rings is 1. The van der Waals surface area contributed by atoms with Crippen LogP contribution in [0.4, 0.5) is 11.1 Å².